The molecule has 1 aromatic rings. The highest BCUT2D eigenvalue weighted by atomic mass is 35.5. The van der Waals surface area contributed by atoms with Gasteiger partial charge in [-0.3, -0.25) is 4.79 Å². The number of carboxylic acids is 1. The number of hydrogen-bond acceptors (Lipinski definition) is 5. The van der Waals surface area contributed by atoms with E-state index in [0.717, 1.165) is 12.1 Å². The van der Waals surface area contributed by atoms with Gasteiger partial charge in [0.2, 0.25) is 0 Å². The number of nitrogens with one attached hydrogen (secondary N) is 1. The molecule has 1 aromatic carbocycles. The number of ether oxygens (including phenoxy) is 1. The number of aromatic carboxylic acids is 1. The minimum Gasteiger partial charge on any atom is -0.478 e. The van der Waals surface area contributed by atoms with Crippen LogP contribution in [-0.2, 0) is 14.3 Å². The number of anilines is 1. The molecule has 1 rings (SSSR count). The topological polar surface area (TPSA) is 119 Å². The summed E-state index contributed by atoms with van der Waals surface area (Å²) in [4.78, 5) is 33.9. The Bertz CT molecular complexity index is 568. The lowest BCUT2D eigenvalue weighted by atomic mass is 10.2. The van der Waals surface area contributed by atoms with E-state index in [1.54, 1.807) is 6.92 Å². The first-order chi connectivity index (χ1) is 9.77. The molecular weight excluding hydrogens is 323 g/mol. The van der Waals surface area contributed by atoms with Gasteiger partial charge in [0.15, 0.2) is 6.04 Å². The molecule has 0 radical (unpaired) electrons. The SMILES string of the molecule is CCOC(=O)C(N)C(=O)Nc1c(Cl)cc(C(=O)O)cc1Cl. The number of esters is 1. The summed E-state index contributed by atoms with van der Waals surface area (Å²) >= 11 is 11.7. The Morgan fingerprint density at radius 2 is 1.86 bits per heavy atom. The van der Waals surface area contributed by atoms with Crippen molar-refractivity contribution >= 4 is 46.7 Å². The minimum atomic E-state index is -1.55. The Kier molecular flexibility index (Phi) is 5.95. The molecule has 0 saturated carbocycles. The van der Waals surface area contributed by atoms with Crippen LogP contribution in [0.2, 0.25) is 10.0 Å². The van der Waals surface area contributed by atoms with E-state index in [0.29, 0.717) is 0 Å². The van der Waals surface area contributed by atoms with Crippen molar-refractivity contribution in [3.63, 3.8) is 0 Å². The molecule has 7 nitrogen and oxygen atoms in total. The third-order valence-electron chi connectivity index (χ3n) is 2.36. The number of nitrogens with two attached hydrogens (primary N) is 1. The van der Waals surface area contributed by atoms with E-state index in [9.17, 15) is 14.4 Å². The molecule has 0 aliphatic heterocycles. The van der Waals surface area contributed by atoms with Crippen molar-refractivity contribution in [2.24, 2.45) is 5.73 Å². The van der Waals surface area contributed by atoms with Crippen LogP contribution in [0.3, 0.4) is 0 Å². The van der Waals surface area contributed by atoms with Gasteiger partial charge in [-0.25, -0.2) is 9.59 Å². The lowest BCUT2D eigenvalue weighted by molar-refractivity contribution is -0.146. The van der Waals surface area contributed by atoms with E-state index in [4.69, 9.17) is 34.0 Å². The number of amides is 1. The van der Waals surface area contributed by atoms with Gasteiger partial charge in [0.25, 0.3) is 5.91 Å². The number of carboxylic acid groups (broad SMARTS) is 1. The van der Waals surface area contributed by atoms with Gasteiger partial charge in [0, 0.05) is 0 Å². The average molecular weight is 335 g/mol. The number of halogens is 2. The van der Waals surface area contributed by atoms with E-state index in [2.05, 4.69) is 10.1 Å². The van der Waals surface area contributed by atoms with E-state index in [1.165, 1.54) is 0 Å². The zero-order chi connectivity index (χ0) is 16.2. The molecule has 0 saturated heterocycles. The predicted octanol–water partition coefficient (Wildman–Crippen LogP) is 1.52. The third kappa shape index (κ3) is 4.32. The van der Waals surface area contributed by atoms with Crippen molar-refractivity contribution in [3.8, 4) is 0 Å². The Labute approximate surface area is 130 Å². The fourth-order valence-corrected chi connectivity index (χ4v) is 1.94. The standard InChI is InChI=1S/C12H12Cl2N2O5/c1-2-21-12(20)8(15)10(17)16-9-6(13)3-5(11(18)19)4-7(9)14/h3-4,8H,2,15H2,1H3,(H,16,17)(H,18,19). The number of rotatable bonds is 5. The molecule has 0 fully saturated rings. The summed E-state index contributed by atoms with van der Waals surface area (Å²) in [5, 5.41) is 10.9. The van der Waals surface area contributed by atoms with E-state index in [1.807, 2.05) is 0 Å². The van der Waals surface area contributed by atoms with Crippen LogP contribution in [-0.4, -0.2) is 35.6 Å². The molecule has 0 bridgehead atoms. The van der Waals surface area contributed by atoms with E-state index in [-0.39, 0.29) is 27.9 Å². The van der Waals surface area contributed by atoms with Crippen molar-refractivity contribution in [1.82, 2.24) is 0 Å². The Hall–Kier alpha value is -1.83. The van der Waals surface area contributed by atoms with Crippen molar-refractivity contribution in [2.75, 3.05) is 11.9 Å². The van der Waals surface area contributed by atoms with Crippen LogP contribution in [0.25, 0.3) is 0 Å². The maximum Gasteiger partial charge on any atom is 0.335 e. The summed E-state index contributed by atoms with van der Waals surface area (Å²) in [6, 6.07) is 0.680. The first-order valence-electron chi connectivity index (χ1n) is 5.73. The average Bonchev–Trinajstić information content (AvgIpc) is 2.41. The Morgan fingerprint density at radius 1 is 1.33 bits per heavy atom. The number of carbonyl (C=O) groups is 3. The van der Waals surface area contributed by atoms with E-state index >= 15 is 0 Å². The van der Waals surface area contributed by atoms with Gasteiger partial charge in [0.1, 0.15) is 0 Å². The highest BCUT2D eigenvalue weighted by Gasteiger charge is 2.25. The molecule has 21 heavy (non-hydrogen) atoms. The molecule has 9 heteroatoms. The van der Waals surface area contributed by atoms with Crippen LogP contribution in [0.4, 0.5) is 5.69 Å². The molecule has 0 aliphatic carbocycles. The highest BCUT2D eigenvalue weighted by Crippen LogP contribution is 2.32. The molecule has 0 aliphatic rings. The second kappa shape index (κ2) is 7.26. The predicted molar refractivity (Wildman–Crippen MR) is 76.7 cm³/mol. The van der Waals surface area contributed by atoms with Crippen molar-refractivity contribution in [2.45, 2.75) is 13.0 Å². The van der Waals surface area contributed by atoms with Crippen LogP contribution >= 0.6 is 23.2 Å². The second-order valence-corrected chi connectivity index (χ2v) is 4.65. The molecule has 4 N–H and O–H groups in total. The monoisotopic (exact) mass is 334 g/mol. The van der Waals surface area contributed by atoms with Crippen molar-refractivity contribution in [3.05, 3.63) is 27.7 Å². The summed E-state index contributed by atoms with van der Waals surface area (Å²) in [5.41, 5.74) is 5.23. The van der Waals surface area contributed by atoms with Gasteiger partial charge < -0.3 is 20.9 Å². The lowest BCUT2D eigenvalue weighted by Crippen LogP contribution is -2.43. The normalized spacial score (nSPS) is 11.6. The molecule has 0 aromatic heterocycles. The highest BCUT2D eigenvalue weighted by molar-refractivity contribution is 6.40. The molecule has 0 spiro atoms. The number of hydrogen-bond donors (Lipinski definition) is 3. The van der Waals surface area contributed by atoms with Gasteiger partial charge in [-0.2, -0.15) is 0 Å². The van der Waals surface area contributed by atoms with Crippen LogP contribution in [0, 0.1) is 0 Å². The fraction of sp³-hybridized carbons (Fsp3) is 0.250. The van der Waals surface area contributed by atoms with Crippen molar-refractivity contribution < 1.29 is 24.2 Å². The quantitative estimate of drug-likeness (QED) is 0.554. The Morgan fingerprint density at radius 3 is 2.29 bits per heavy atom. The molecule has 1 amide bonds. The molecule has 1 unspecified atom stereocenters. The number of carbonyl (C=O) groups excluding carboxylic acids is 2. The van der Waals surface area contributed by atoms with Gasteiger partial charge in [-0.1, -0.05) is 23.2 Å². The third-order valence-corrected chi connectivity index (χ3v) is 2.96. The van der Waals surface area contributed by atoms with Gasteiger partial charge in [-0.05, 0) is 19.1 Å². The van der Waals surface area contributed by atoms with Crippen LogP contribution in [0.5, 0.6) is 0 Å². The lowest BCUT2D eigenvalue weighted by Gasteiger charge is -2.13. The van der Waals surface area contributed by atoms with Crippen LogP contribution < -0.4 is 11.1 Å². The first kappa shape index (κ1) is 17.2. The van der Waals surface area contributed by atoms with Gasteiger partial charge >= 0.3 is 11.9 Å². The zero-order valence-corrected chi connectivity index (χ0v) is 12.4. The zero-order valence-electron chi connectivity index (χ0n) is 10.9. The number of benzene rings is 1. The summed E-state index contributed by atoms with van der Waals surface area (Å²) in [7, 11) is 0. The minimum absolute atomic E-state index is 0.0342. The maximum absolute atomic E-state index is 11.8. The smallest absolute Gasteiger partial charge is 0.335 e. The summed E-state index contributed by atoms with van der Waals surface area (Å²) in [6.45, 7) is 1.65. The molecule has 1 atom stereocenters. The summed E-state index contributed by atoms with van der Waals surface area (Å²) < 4.78 is 4.61. The Balaban J connectivity index is 2.96. The second-order valence-electron chi connectivity index (χ2n) is 3.84. The van der Waals surface area contributed by atoms with Crippen LogP contribution in [0.15, 0.2) is 12.1 Å². The fourth-order valence-electron chi connectivity index (χ4n) is 1.36. The summed E-state index contributed by atoms with van der Waals surface area (Å²) in [6.07, 6.45) is 0. The largest absolute Gasteiger partial charge is 0.478 e. The van der Waals surface area contributed by atoms with E-state index < -0.39 is 23.9 Å². The van der Waals surface area contributed by atoms with Crippen molar-refractivity contribution in [1.29, 1.82) is 0 Å². The van der Waals surface area contributed by atoms with Crippen LogP contribution in [0.1, 0.15) is 17.3 Å². The van der Waals surface area contributed by atoms with Gasteiger partial charge in [-0.15, -0.1) is 0 Å². The summed E-state index contributed by atoms with van der Waals surface area (Å²) in [5.74, 6) is -3.00. The maximum atomic E-state index is 11.8. The molecular formula is C12H12Cl2N2O5. The van der Waals surface area contributed by atoms with Gasteiger partial charge in [0.05, 0.1) is 27.9 Å². The molecule has 0 heterocycles. The first-order valence-corrected chi connectivity index (χ1v) is 6.49. The molecule has 114 valence electrons.